The Morgan fingerprint density at radius 1 is 1.35 bits per heavy atom. The highest BCUT2D eigenvalue weighted by Crippen LogP contribution is 2.14. The van der Waals surface area contributed by atoms with Gasteiger partial charge >= 0.3 is 23.9 Å². The highest BCUT2D eigenvalue weighted by Gasteiger charge is 2.33. The highest BCUT2D eigenvalue weighted by atomic mass is 16.6. The number of esters is 4. The molecule has 0 bridgehead atoms. The summed E-state index contributed by atoms with van der Waals surface area (Å²) in [4.78, 5) is 44.4. The van der Waals surface area contributed by atoms with Gasteiger partial charge in [-0.3, -0.25) is 19.2 Å². The zero-order chi connectivity index (χ0) is 13.0. The lowest BCUT2D eigenvalue weighted by Crippen LogP contribution is -2.45. The van der Waals surface area contributed by atoms with Crippen LogP contribution in [0.5, 0.6) is 0 Å². The molecular weight excluding hydrogens is 230 g/mol. The molecule has 1 N–H and O–H groups in total. The molecule has 2 atom stereocenters. The van der Waals surface area contributed by atoms with E-state index < -0.39 is 35.8 Å². The molecule has 1 saturated heterocycles. The van der Waals surface area contributed by atoms with Crippen molar-refractivity contribution in [3.63, 3.8) is 0 Å². The van der Waals surface area contributed by atoms with E-state index in [-0.39, 0.29) is 13.0 Å². The number of ether oxygens (including phenoxy) is 2. The molecule has 7 heteroatoms. The normalized spacial score (nSPS) is 25.5. The summed E-state index contributed by atoms with van der Waals surface area (Å²) in [5.74, 6) is -3.88. The van der Waals surface area contributed by atoms with Crippen molar-refractivity contribution in [2.75, 3.05) is 6.54 Å². The van der Waals surface area contributed by atoms with Gasteiger partial charge in [0, 0.05) is 13.0 Å². The summed E-state index contributed by atoms with van der Waals surface area (Å²) in [6, 6.07) is -0.460. The van der Waals surface area contributed by atoms with E-state index >= 15 is 0 Å². The maximum absolute atomic E-state index is 11.5. The van der Waals surface area contributed by atoms with E-state index in [9.17, 15) is 19.2 Å². The van der Waals surface area contributed by atoms with Crippen LogP contribution in [0.25, 0.3) is 0 Å². The molecule has 1 aliphatic rings. The van der Waals surface area contributed by atoms with Gasteiger partial charge in [0.25, 0.3) is 0 Å². The summed E-state index contributed by atoms with van der Waals surface area (Å²) < 4.78 is 8.81. The van der Waals surface area contributed by atoms with Gasteiger partial charge in [-0.05, 0) is 6.92 Å². The first-order chi connectivity index (χ1) is 7.90. The van der Waals surface area contributed by atoms with Crippen LogP contribution in [-0.2, 0) is 28.7 Å². The first kappa shape index (κ1) is 13.3. The Labute approximate surface area is 97.4 Å². The number of nitrogens with one attached hydrogen (secondary N) is 1. The second kappa shape index (κ2) is 5.53. The Balaban J connectivity index is 2.74. The molecule has 0 amide bonds. The van der Waals surface area contributed by atoms with Crippen molar-refractivity contribution in [2.45, 2.75) is 26.3 Å². The van der Waals surface area contributed by atoms with E-state index in [1.54, 1.807) is 6.92 Å². The largest absolute Gasteiger partial charge is 0.393 e. The molecule has 1 fully saturated rings. The Kier molecular flexibility index (Phi) is 4.33. The molecule has 0 aliphatic carbocycles. The van der Waals surface area contributed by atoms with Crippen molar-refractivity contribution in [3.05, 3.63) is 0 Å². The Morgan fingerprint density at radius 3 is 2.59 bits per heavy atom. The number of carbonyl (C=O) groups is 4. The molecule has 0 radical (unpaired) electrons. The number of hydrogen-bond donors (Lipinski definition) is 1. The lowest BCUT2D eigenvalue weighted by molar-refractivity contribution is -0.169. The van der Waals surface area contributed by atoms with Crippen molar-refractivity contribution in [1.82, 2.24) is 5.32 Å². The fraction of sp³-hybridized carbons (Fsp3) is 0.600. The summed E-state index contributed by atoms with van der Waals surface area (Å²) in [5.41, 5.74) is 0. The standard InChI is InChI=1S/C10H13NO6/c1-5-7(10(15)16-6(2)12)3-8(13)17-9(14)4-11-5/h5,7,11H,3-4H2,1-2H3/t5-,7?/m0/s1. The zero-order valence-electron chi connectivity index (χ0n) is 9.52. The lowest BCUT2D eigenvalue weighted by Gasteiger charge is -2.23. The first-order valence-corrected chi connectivity index (χ1v) is 5.09. The molecule has 17 heavy (non-hydrogen) atoms. The fourth-order valence-electron chi connectivity index (χ4n) is 1.45. The molecule has 0 saturated carbocycles. The van der Waals surface area contributed by atoms with Crippen LogP contribution in [0.4, 0.5) is 0 Å². The SMILES string of the molecule is CC(=O)OC(=O)C1CC(=O)OC(=O)CN[C@H]1C. The maximum atomic E-state index is 11.5. The number of cyclic esters (lactones) is 2. The molecule has 94 valence electrons. The third-order valence-corrected chi connectivity index (χ3v) is 2.33. The summed E-state index contributed by atoms with van der Waals surface area (Å²) in [5, 5.41) is 2.72. The summed E-state index contributed by atoms with van der Waals surface area (Å²) >= 11 is 0. The molecule has 1 rings (SSSR count). The van der Waals surface area contributed by atoms with Gasteiger partial charge in [0.15, 0.2) is 0 Å². The van der Waals surface area contributed by atoms with Gasteiger partial charge in [-0.2, -0.15) is 0 Å². The molecule has 0 spiro atoms. The van der Waals surface area contributed by atoms with E-state index in [2.05, 4.69) is 14.8 Å². The van der Waals surface area contributed by atoms with Crippen LogP contribution >= 0.6 is 0 Å². The van der Waals surface area contributed by atoms with Crippen molar-refractivity contribution in [3.8, 4) is 0 Å². The molecule has 1 heterocycles. The van der Waals surface area contributed by atoms with Crippen LogP contribution in [-0.4, -0.2) is 36.5 Å². The molecule has 7 nitrogen and oxygen atoms in total. The van der Waals surface area contributed by atoms with Gasteiger partial charge in [0.05, 0.1) is 18.9 Å². The van der Waals surface area contributed by atoms with Gasteiger partial charge in [-0.15, -0.1) is 0 Å². The summed E-state index contributed by atoms with van der Waals surface area (Å²) in [6.07, 6.45) is -0.300. The molecular formula is C10H13NO6. The smallest absolute Gasteiger partial charge is 0.327 e. The predicted molar refractivity (Wildman–Crippen MR) is 53.4 cm³/mol. The third-order valence-electron chi connectivity index (χ3n) is 2.33. The van der Waals surface area contributed by atoms with Gasteiger partial charge < -0.3 is 14.8 Å². The van der Waals surface area contributed by atoms with Gasteiger partial charge in [0.1, 0.15) is 0 Å². The summed E-state index contributed by atoms with van der Waals surface area (Å²) in [6.45, 7) is 2.55. The molecule has 0 aromatic carbocycles. The van der Waals surface area contributed by atoms with Crippen molar-refractivity contribution >= 4 is 23.9 Å². The minimum atomic E-state index is -0.848. The highest BCUT2D eigenvalue weighted by molar-refractivity contribution is 5.92. The summed E-state index contributed by atoms with van der Waals surface area (Å²) in [7, 11) is 0. The van der Waals surface area contributed by atoms with E-state index in [1.807, 2.05) is 0 Å². The van der Waals surface area contributed by atoms with Crippen LogP contribution < -0.4 is 5.32 Å². The fourth-order valence-corrected chi connectivity index (χ4v) is 1.45. The predicted octanol–water partition coefficient (Wildman–Crippen LogP) is -0.856. The van der Waals surface area contributed by atoms with Crippen LogP contribution in [0.3, 0.4) is 0 Å². The molecule has 0 aromatic rings. The Hall–Kier alpha value is -1.76. The maximum Gasteiger partial charge on any atom is 0.327 e. The van der Waals surface area contributed by atoms with Crippen LogP contribution in [0.2, 0.25) is 0 Å². The number of hydrogen-bond acceptors (Lipinski definition) is 7. The molecule has 1 unspecified atom stereocenters. The minimum Gasteiger partial charge on any atom is -0.393 e. The van der Waals surface area contributed by atoms with Crippen LogP contribution in [0.1, 0.15) is 20.3 Å². The zero-order valence-corrected chi connectivity index (χ0v) is 9.52. The van der Waals surface area contributed by atoms with Crippen molar-refractivity contribution in [2.24, 2.45) is 5.92 Å². The molecule has 0 aromatic heterocycles. The Morgan fingerprint density at radius 2 is 2.00 bits per heavy atom. The monoisotopic (exact) mass is 243 g/mol. The van der Waals surface area contributed by atoms with Crippen molar-refractivity contribution in [1.29, 1.82) is 0 Å². The molecule has 1 aliphatic heterocycles. The quantitative estimate of drug-likeness (QED) is 0.472. The second-order valence-corrected chi connectivity index (χ2v) is 3.74. The minimum absolute atomic E-state index is 0.170. The van der Waals surface area contributed by atoms with E-state index in [1.165, 1.54) is 0 Å². The van der Waals surface area contributed by atoms with E-state index in [0.29, 0.717) is 0 Å². The van der Waals surface area contributed by atoms with E-state index in [4.69, 9.17) is 0 Å². The average molecular weight is 243 g/mol. The second-order valence-electron chi connectivity index (χ2n) is 3.74. The van der Waals surface area contributed by atoms with Gasteiger partial charge in [-0.1, -0.05) is 0 Å². The van der Waals surface area contributed by atoms with Gasteiger partial charge in [-0.25, -0.2) is 0 Å². The first-order valence-electron chi connectivity index (χ1n) is 5.09. The van der Waals surface area contributed by atoms with Crippen LogP contribution in [0, 0.1) is 5.92 Å². The number of rotatable bonds is 1. The lowest BCUT2D eigenvalue weighted by atomic mass is 9.97. The van der Waals surface area contributed by atoms with E-state index in [0.717, 1.165) is 6.92 Å². The van der Waals surface area contributed by atoms with Crippen LogP contribution in [0.15, 0.2) is 0 Å². The topological polar surface area (TPSA) is 98.8 Å². The number of carbonyl (C=O) groups excluding carboxylic acids is 4. The Bertz CT molecular complexity index is 364. The van der Waals surface area contributed by atoms with Crippen molar-refractivity contribution < 1.29 is 28.7 Å². The average Bonchev–Trinajstić information content (AvgIpc) is 2.19. The van der Waals surface area contributed by atoms with Gasteiger partial charge in [0.2, 0.25) is 0 Å². The third kappa shape index (κ3) is 3.95.